The molecule has 0 saturated carbocycles. The average Bonchev–Trinajstić information content (AvgIpc) is 2.40. The predicted octanol–water partition coefficient (Wildman–Crippen LogP) is 1.21. The highest BCUT2D eigenvalue weighted by molar-refractivity contribution is 5.84. The molecule has 0 amide bonds. The molecule has 0 unspecified atom stereocenters. The van der Waals surface area contributed by atoms with Crippen molar-refractivity contribution in [3.8, 4) is 0 Å². The van der Waals surface area contributed by atoms with Gasteiger partial charge in [0.15, 0.2) is 0 Å². The molecule has 0 bridgehead atoms. The first-order valence-corrected chi connectivity index (χ1v) is 2.97. The first kappa shape index (κ1) is 6.81. The Morgan fingerprint density at radius 1 is 1.50 bits per heavy atom. The van der Waals surface area contributed by atoms with Gasteiger partial charge in [-0.1, -0.05) is 24.3 Å². The van der Waals surface area contributed by atoms with E-state index in [2.05, 4.69) is 4.74 Å². The summed E-state index contributed by atoms with van der Waals surface area (Å²) in [5.74, 6) is -0.314. The number of hydrogen-bond donors (Lipinski definition) is 0. The summed E-state index contributed by atoms with van der Waals surface area (Å²) in [5.41, 5.74) is 0.881. The van der Waals surface area contributed by atoms with E-state index in [1.54, 1.807) is 0 Å². The lowest BCUT2D eigenvalue weighted by Crippen LogP contribution is -1.94. The molecule has 0 aromatic rings. The molecule has 52 valence electrons. The van der Waals surface area contributed by atoms with Gasteiger partial charge in [-0.15, -0.1) is 0 Å². The van der Waals surface area contributed by atoms with E-state index in [1.807, 2.05) is 24.3 Å². The maximum absolute atomic E-state index is 10.6. The number of hydrogen-bond acceptors (Lipinski definition) is 2. The summed E-state index contributed by atoms with van der Waals surface area (Å²) in [4.78, 5) is 10.6. The minimum Gasteiger partial charge on any atom is -0.466 e. The fourth-order valence-electron chi connectivity index (χ4n) is 0.680. The molecule has 1 aliphatic carbocycles. The van der Waals surface area contributed by atoms with Gasteiger partial charge in [-0.2, -0.15) is 0 Å². The van der Waals surface area contributed by atoms with Crippen LogP contribution in [-0.4, -0.2) is 13.1 Å². The summed E-state index contributed by atoms with van der Waals surface area (Å²) >= 11 is 0. The van der Waals surface area contributed by atoms with Crippen LogP contribution in [0.5, 0.6) is 0 Å². The molecule has 1 rings (SSSR count). The van der Waals surface area contributed by atoms with Crippen LogP contribution < -0.4 is 0 Å². The molecule has 0 aromatic carbocycles. The van der Waals surface area contributed by atoms with E-state index in [9.17, 15) is 4.79 Å². The van der Waals surface area contributed by atoms with Crippen LogP contribution in [0.4, 0.5) is 0 Å². The highest BCUT2D eigenvalue weighted by Gasteiger charge is 1.96. The highest BCUT2D eigenvalue weighted by atomic mass is 16.5. The standard InChI is InChI=1S/C8H8O2/c1-10-8(9)6-7-4-2-3-5-7/h2-6H,1H3. The highest BCUT2D eigenvalue weighted by Crippen LogP contribution is 2.06. The van der Waals surface area contributed by atoms with Crippen LogP contribution in [0.15, 0.2) is 36.0 Å². The van der Waals surface area contributed by atoms with Crippen molar-refractivity contribution in [3.05, 3.63) is 36.0 Å². The third-order valence-corrected chi connectivity index (χ3v) is 1.17. The number of ether oxygens (including phenoxy) is 1. The minimum atomic E-state index is -0.314. The van der Waals surface area contributed by atoms with Gasteiger partial charge in [0.2, 0.25) is 0 Å². The van der Waals surface area contributed by atoms with Gasteiger partial charge in [-0.25, -0.2) is 4.79 Å². The van der Waals surface area contributed by atoms with E-state index in [0.717, 1.165) is 5.57 Å². The van der Waals surface area contributed by atoms with Gasteiger partial charge in [-0.3, -0.25) is 0 Å². The van der Waals surface area contributed by atoms with Crippen LogP contribution in [-0.2, 0) is 9.53 Å². The van der Waals surface area contributed by atoms with E-state index in [1.165, 1.54) is 13.2 Å². The molecule has 0 spiro atoms. The zero-order valence-electron chi connectivity index (χ0n) is 5.70. The molecule has 0 radical (unpaired) electrons. The SMILES string of the molecule is COC(=O)C=C1C=CC=C1. The van der Waals surface area contributed by atoms with Crippen molar-refractivity contribution in [2.75, 3.05) is 7.11 Å². The third kappa shape index (κ3) is 1.58. The Balaban J connectivity index is 2.63. The van der Waals surface area contributed by atoms with Crippen LogP contribution in [0.2, 0.25) is 0 Å². The molecule has 10 heavy (non-hydrogen) atoms. The van der Waals surface area contributed by atoms with Gasteiger partial charge >= 0.3 is 5.97 Å². The summed E-state index contributed by atoms with van der Waals surface area (Å²) in [7, 11) is 1.36. The van der Waals surface area contributed by atoms with E-state index in [4.69, 9.17) is 0 Å². The Morgan fingerprint density at radius 3 is 2.60 bits per heavy atom. The maximum Gasteiger partial charge on any atom is 0.331 e. The van der Waals surface area contributed by atoms with Gasteiger partial charge < -0.3 is 4.74 Å². The molecule has 0 N–H and O–H groups in total. The van der Waals surface area contributed by atoms with Crippen LogP contribution in [0.3, 0.4) is 0 Å². The first-order valence-electron chi connectivity index (χ1n) is 2.97. The maximum atomic E-state index is 10.6. The quantitative estimate of drug-likeness (QED) is 0.400. The van der Waals surface area contributed by atoms with Crippen molar-refractivity contribution < 1.29 is 9.53 Å². The smallest absolute Gasteiger partial charge is 0.331 e. The second kappa shape index (κ2) is 3.01. The number of methoxy groups -OCH3 is 1. The topological polar surface area (TPSA) is 26.3 Å². The number of allylic oxidation sites excluding steroid dienone is 5. The summed E-state index contributed by atoms with van der Waals surface area (Å²) < 4.78 is 4.43. The minimum absolute atomic E-state index is 0.314. The Kier molecular flexibility index (Phi) is 2.05. The summed E-state index contributed by atoms with van der Waals surface area (Å²) in [6.45, 7) is 0. The largest absolute Gasteiger partial charge is 0.466 e. The van der Waals surface area contributed by atoms with Crippen molar-refractivity contribution >= 4 is 5.97 Å². The van der Waals surface area contributed by atoms with Gasteiger partial charge in [0, 0.05) is 6.08 Å². The van der Waals surface area contributed by atoms with Crippen LogP contribution in [0.25, 0.3) is 0 Å². The zero-order valence-corrected chi connectivity index (χ0v) is 5.70. The second-order valence-corrected chi connectivity index (χ2v) is 1.89. The van der Waals surface area contributed by atoms with Crippen LogP contribution in [0, 0.1) is 0 Å². The number of esters is 1. The summed E-state index contributed by atoms with van der Waals surface area (Å²) in [6, 6.07) is 0. The van der Waals surface area contributed by atoms with Gasteiger partial charge in [0.05, 0.1) is 7.11 Å². The Hall–Kier alpha value is -1.31. The normalized spacial score (nSPS) is 13.9. The van der Waals surface area contributed by atoms with Gasteiger partial charge in [0.1, 0.15) is 0 Å². The van der Waals surface area contributed by atoms with Crippen molar-refractivity contribution in [3.63, 3.8) is 0 Å². The zero-order chi connectivity index (χ0) is 7.40. The molecule has 0 aliphatic heterocycles. The molecule has 0 saturated heterocycles. The van der Waals surface area contributed by atoms with Crippen LogP contribution >= 0.6 is 0 Å². The lowest BCUT2D eigenvalue weighted by Gasteiger charge is -1.90. The van der Waals surface area contributed by atoms with Crippen molar-refractivity contribution in [2.24, 2.45) is 0 Å². The number of carbonyl (C=O) groups excluding carboxylic acids is 1. The average molecular weight is 136 g/mol. The predicted molar refractivity (Wildman–Crippen MR) is 38.4 cm³/mol. The van der Waals surface area contributed by atoms with E-state index in [0.29, 0.717) is 0 Å². The molecule has 0 aromatic heterocycles. The molecule has 1 aliphatic rings. The molecule has 0 heterocycles. The fraction of sp³-hybridized carbons (Fsp3) is 0.125. The Labute approximate surface area is 59.5 Å². The Morgan fingerprint density at radius 2 is 2.10 bits per heavy atom. The summed E-state index contributed by atoms with van der Waals surface area (Å²) in [6.07, 6.45) is 8.87. The Bertz CT molecular complexity index is 207. The fourth-order valence-corrected chi connectivity index (χ4v) is 0.680. The van der Waals surface area contributed by atoms with E-state index < -0.39 is 0 Å². The summed E-state index contributed by atoms with van der Waals surface area (Å²) in [5, 5.41) is 0. The molecule has 0 atom stereocenters. The van der Waals surface area contributed by atoms with Crippen LogP contribution in [0.1, 0.15) is 0 Å². The van der Waals surface area contributed by atoms with E-state index in [-0.39, 0.29) is 5.97 Å². The third-order valence-electron chi connectivity index (χ3n) is 1.17. The van der Waals surface area contributed by atoms with Gasteiger partial charge in [-0.05, 0) is 5.57 Å². The molecular formula is C8H8O2. The second-order valence-electron chi connectivity index (χ2n) is 1.89. The van der Waals surface area contributed by atoms with Crippen molar-refractivity contribution in [1.82, 2.24) is 0 Å². The number of rotatable bonds is 1. The number of carbonyl (C=O) groups is 1. The molecule has 0 fully saturated rings. The van der Waals surface area contributed by atoms with Crippen molar-refractivity contribution in [2.45, 2.75) is 0 Å². The molecular weight excluding hydrogens is 128 g/mol. The lowest BCUT2D eigenvalue weighted by atomic mass is 10.3. The van der Waals surface area contributed by atoms with Gasteiger partial charge in [0.25, 0.3) is 0 Å². The van der Waals surface area contributed by atoms with E-state index >= 15 is 0 Å². The van der Waals surface area contributed by atoms with Crippen molar-refractivity contribution in [1.29, 1.82) is 0 Å². The first-order chi connectivity index (χ1) is 4.83. The molecule has 2 nitrogen and oxygen atoms in total. The molecule has 2 heteroatoms. The monoisotopic (exact) mass is 136 g/mol. The lowest BCUT2D eigenvalue weighted by molar-refractivity contribution is -0.134.